The first-order valence-electron chi connectivity index (χ1n) is 6.39. The van der Waals surface area contributed by atoms with Crippen LogP contribution in [0.1, 0.15) is 64.2 Å². The monoisotopic (exact) mass is 252 g/mol. The third-order valence-electron chi connectivity index (χ3n) is 3.65. The molecule has 0 aliphatic heterocycles. The van der Waals surface area contributed by atoms with Crippen molar-refractivity contribution < 1.29 is 9.90 Å². The first-order chi connectivity index (χ1) is 8.39. The van der Waals surface area contributed by atoms with Gasteiger partial charge in [0.1, 0.15) is 0 Å². The minimum Gasteiger partial charge on any atom is -0.481 e. The number of hydrogen-bond acceptors (Lipinski definition) is 4. The lowest BCUT2D eigenvalue weighted by molar-refractivity contribution is -0.138. The SMILES string of the molecule is CC(C)(C)C(CC(=O)O)n1nnnc1C1CCC1. The van der Waals surface area contributed by atoms with Crippen LogP contribution in [-0.4, -0.2) is 31.3 Å². The highest BCUT2D eigenvalue weighted by atomic mass is 16.4. The van der Waals surface area contributed by atoms with Crippen LogP contribution in [0, 0.1) is 5.41 Å². The fourth-order valence-corrected chi connectivity index (χ4v) is 2.28. The van der Waals surface area contributed by atoms with Gasteiger partial charge in [0.25, 0.3) is 0 Å². The van der Waals surface area contributed by atoms with Gasteiger partial charge in [-0.25, -0.2) is 4.68 Å². The maximum absolute atomic E-state index is 11.0. The third-order valence-corrected chi connectivity index (χ3v) is 3.65. The molecular formula is C12H20N4O2. The van der Waals surface area contributed by atoms with Crippen LogP contribution < -0.4 is 0 Å². The second-order valence-electron chi connectivity index (χ2n) is 6.09. The fourth-order valence-electron chi connectivity index (χ4n) is 2.28. The van der Waals surface area contributed by atoms with Crippen LogP contribution in [0.4, 0.5) is 0 Å². The molecule has 0 amide bonds. The summed E-state index contributed by atoms with van der Waals surface area (Å²) in [6.45, 7) is 6.06. The van der Waals surface area contributed by atoms with Gasteiger partial charge in [-0.15, -0.1) is 5.10 Å². The molecule has 6 heteroatoms. The maximum Gasteiger partial charge on any atom is 0.305 e. The van der Waals surface area contributed by atoms with Gasteiger partial charge >= 0.3 is 5.97 Å². The highest BCUT2D eigenvalue weighted by Gasteiger charge is 2.34. The van der Waals surface area contributed by atoms with Gasteiger partial charge in [-0.2, -0.15) is 0 Å². The van der Waals surface area contributed by atoms with Crippen molar-refractivity contribution in [1.29, 1.82) is 0 Å². The van der Waals surface area contributed by atoms with Crippen molar-refractivity contribution >= 4 is 5.97 Å². The Morgan fingerprint density at radius 1 is 1.50 bits per heavy atom. The van der Waals surface area contributed by atoms with Gasteiger partial charge in [0.15, 0.2) is 5.82 Å². The number of rotatable bonds is 4. The number of carboxylic acids is 1. The van der Waals surface area contributed by atoms with Gasteiger partial charge in [-0.05, 0) is 28.7 Å². The minimum absolute atomic E-state index is 0.0499. The smallest absolute Gasteiger partial charge is 0.305 e. The molecule has 1 aliphatic rings. The number of tetrazole rings is 1. The second-order valence-corrected chi connectivity index (χ2v) is 6.09. The highest BCUT2D eigenvalue weighted by molar-refractivity contribution is 5.67. The summed E-state index contributed by atoms with van der Waals surface area (Å²) >= 11 is 0. The van der Waals surface area contributed by atoms with Crippen molar-refractivity contribution in [3.8, 4) is 0 Å². The molecule has 18 heavy (non-hydrogen) atoms. The maximum atomic E-state index is 11.0. The van der Waals surface area contributed by atoms with Crippen molar-refractivity contribution in [3.63, 3.8) is 0 Å². The number of carbonyl (C=O) groups is 1. The van der Waals surface area contributed by atoms with Crippen LogP contribution in [0.5, 0.6) is 0 Å². The number of hydrogen-bond donors (Lipinski definition) is 1. The standard InChI is InChI=1S/C12H20N4O2/c1-12(2,3)9(7-10(17)18)16-11(13-14-15-16)8-5-4-6-8/h8-9H,4-7H2,1-3H3,(H,17,18). The molecule has 6 nitrogen and oxygen atoms in total. The highest BCUT2D eigenvalue weighted by Crippen LogP contribution is 2.39. The molecule has 0 radical (unpaired) electrons. The molecule has 1 aromatic rings. The van der Waals surface area contributed by atoms with Gasteiger partial charge in [0, 0.05) is 5.92 Å². The minimum atomic E-state index is -0.815. The summed E-state index contributed by atoms with van der Waals surface area (Å²) in [7, 11) is 0. The Hall–Kier alpha value is -1.46. The van der Waals surface area contributed by atoms with E-state index in [0.717, 1.165) is 18.7 Å². The Bertz CT molecular complexity index is 432. The first kappa shape index (κ1) is 13.0. The van der Waals surface area contributed by atoms with Gasteiger partial charge in [0.2, 0.25) is 0 Å². The summed E-state index contributed by atoms with van der Waals surface area (Å²) in [5.41, 5.74) is -0.188. The van der Waals surface area contributed by atoms with Crippen molar-refractivity contribution in [2.24, 2.45) is 5.41 Å². The van der Waals surface area contributed by atoms with Crippen LogP contribution in [0.15, 0.2) is 0 Å². The van der Waals surface area contributed by atoms with E-state index in [9.17, 15) is 4.79 Å². The van der Waals surface area contributed by atoms with Gasteiger partial charge in [-0.1, -0.05) is 27.2 Å². The summed E-state index contributed by atoms with van der Waals surface area (Å²) in [5, 5.41) is 20.9. The summed E-state index contributed by atoms with van der Waals surface area (Å²) in [4.78, 5) is 11.0. The van der Waals surface area contributed by atoms with Crippen LogP contribution in [-0.2, 0) is 4.79 Å². The summed E-state index contributed by atoms with van der Waals surface area (Å²) in [6.07, 6.45) is 3.46. The average molecular weight is 252 g/mol. The van der Waals surface area contributed by atoms with E-state index in [2.05, 4.69) is 15.5 Å². The Morgan fingerprint density at radius 2 is 2.17 bits per heavy atom. The van der Waals surface area contributed by atoms with Crippen LogP contribution in [0.3, 0.4) is 0 Å². The lowest BCUT2D eigenvalue weighted by Gasteiger charge is -2.32. The van der Waals surface area contributed by atoms with E-state index >= 15 is 0 Å². The molecule has 1 aromatic heterocycles. The number of aromatic nitrogens is 4. The third kappa shape index (κ3) is 2.52. The molecule has 2 rings (SSSR count). The fraction of sp³-hybridized carbons (Fsp3) is 0.833. The lowest BCUT2D eigenvalue weighted by atomic mass is 9.82. The van der Waals surface area contributed by atoms with Gasteiger partial charge in [0.05, 0.1) is 12.5 Å². The van der Waals surface area contributed by atoms with E-state index in [1.807, 2.05) is 20.8 Å². The molecule has 1 saturated carbocycles. The number of carboxylic acid groups (broad SMARTS) is 1. The van der Waals surface area contributed by atoms with E-state index < -0.39 is 5.97 Å². The Morgan fingerprint density at radius 3 is 2.61 bits per heavy atom. The predicted octanol–water partition coefficient (Wildman–Crippen LogP) is 2.00. The topological polar surface area (TPSA) is 80.9 Å². The number of aliphatic carboxylic acids is 1. The molecule has 0 aromatic carbocycles. The van der Waals surface area contributed by atoms with Crippen LogP contribution >= 0.6 is 0 Å². The van der Waals surface area contributed by atoms with E-state index in [0.29, 0.717) is 5.92 Å². The molecule has 100 valence electrons. The molecule has 1 atom stereocenters. The summed E-state index contributed by atoms with van der Waals surface area (Å²) < 4.78 is 1.73. The molecule has 1 heterocycles. The zero-order valence-corrected chi connectivity index (χ0v) is 11.1. The normalized spacial score (nSPS) is 18.4. The van der Waals surface area contributed by atoms with Crippen molar-refractivity contribution in [2.75, 3.05) is 0 Å². The molecule has 0 bridgehead atoms. The van der Waals surface area contributed by atoms with Gasteiger partial charge in [-0.3, -0.25) is 4.79 Å². The van der Waals surface area contributed by atoms with E-state index in [-0.39, 0.29) is 17.9 Å². The number of nitrogens with zero attached hydrogens (tertiary/aromatic N) is 4. The van der Waals surface area contributed by atoms with Crippen LogP contribution in [0.25, 0.3) is 0 Å². The van der Waals surface area contributed by atoms with Crippen molar-refractivity contribution in [2.45, 2.75) is 58.4 Å². The van der Waals surface area contributed by atoms with Crippen molar-refractivity contribution in [1.82, 2.24) is 20.2 Å². The summed E-state index contributed by atoms with van der Waals surface area (Å²) in [6, 6.07) is -0.208. The predicted molar refractivity (Wildman–Crippen MR) is 65.2 cm³/mol. The zero-order chi connectivity index (χ0) is 13.3. The Balaban J connectivity index is 2.30. The molecule has 1 N–H and O–H groups in total. The second kappa shape index (κ2) is 4.66. The van der Waals surface area contributed by atoms with E-state index in [4.69, 9.17) is 5.11 Å². The Labute approximate surface area is 106 Å². The molecule has 1 fully saturated rings. The zero-order valence-electron chi connectivity index (χ0n) is 11.1. The first-order valence-corrected chi connectivity index (χ1v) is 6.39. The average Bonchev–Trinajstić information content (AvgIpc) is 2.58. The molecule has 0 saturated heterocycles. The molecular weight excluding hydrogens is 232 g/mol. The summed E-state index contributed by atoms with van der Waals surface area (Å²) in [5.74, 6) is 0.436. The van der Waals surface area contributed by atoms with Gasteiger partial charge < -0.3 is 5.11 Å². The van der Waals surface area contributed by atoms with E-state index in [1.165, 1.54) is 6.42 Å². The van der Waals surface area contributed by atoms with Crippen molar-refractivity contribution in [3.05, 3.63) is 5.82 Å². The molecule has 1 unspecified atom stereocenters. The van der Waals surface area contributed by atoms with Crippen LogP contribution in [0.2, 0.25) is 0 Å². The lowest BCUT2D eigenvalue weighted by Crippen LogP contribution is -2.30. The molecule has 1 aliphatic carbocycles. The van der Waals surface area contributed by atoms with E-state index in [1.54, 1.807) is 4.68 Å². The Kier molecular flexibility index (Phi) is 3.36. The quantitative estimate of drug-likeness (QED) is 0.886. The molecule has 0 spiro atoms. The largest absolute Gasteiger partial charge is 0.481 e.